The minimum atomic E-state index is -0.389. The smallest absolute Gasteiger partial charge is 0.328 e. The van der Waals surface area contributed by atoms with Gasteiger partial charge in [0.25, 0.3) is 5.91 Å². The predicted octanol–water partition coefficient (Wildman–Crippen LogP) is 2.45. The Morgan fingerprint density at radius 2 is 1.97 bits per heavy atom. The Morgan fingerprint density at radius 3 is 2.68 bits per heavy atom. The summed E-state index contributed by atoms with van der Waals surface area (Å²) in [5.74, 6) is -0.222. The highest BCUT2D eigenvalue weighted by atomic mass is 16.3. The quantitative estimate of drug-likeness (QED) is 0.446. The molecule has 3 N–H and O–H groups in total. The molecule has 1 amide bonds. The van der Waals surface area contributed by atoms with E-state index in [1.165, 1.54) is 0 Å². The molecule has 0 spiro atoms. The first-order valence-corrected chi connectivity index (χ1v) is 10.2. The van der Waals surface area contributed by atoms with Gasteiger partial charge >= 0.3 is 5.69 Å². The molecule has 0 bridgehead atoms. The van der Waals surface area contributed by atoms with Gasteiger partial charge in [0.2, 0.25) is 0 Å². The third-order valence-corrected chi connectivity index (χ3v) is 5.36. The Morgan fingerprint density at radius 1 is 1.16 bits per heavy atom. The van der Waals surface area contributed by atoms with E-state index in [1.54, 1.807) is 16.2 Å². The Kier molecular flexibility index (Phi) is 5.48. The molecule has 4 rings (SSSR count). The van der Waals surface area contributed by atoms with Crippen molar-refractivity contribution in [2.75, 3.05) is 13.2 Å². The van der Waals surface area contributed by atoms with Gasteiger partial charge in [0.1, 0.15) is 0 Å². The number of carbonyl (C=O) groups excluding carboxylic acids is 1. The highest BCUT2D eigenvalue weighted by molar-refractivity contribution is 5.94. The number of amides is 1. The number of hydrogen-bond donors (Lipinski definition) is 3. The number of aromatic nitrogens is 4. The molecule has 0 atom stereocenters. The first-order chi connectivity index (χ1) is 14.9. The van der Waals surface area contributed by atoms with Crippen LogP contribution < -0.4 is 11.0 Å². The molecular formula is C23H25N5O3. The van der Waals surface area contributed by atoms with Crippen LogP contribution in [0.2, 0.25) is 0 Å². The summed E-state index contributed by atoms with van der Waals surface area (Å²) in [5.41, 5.74) is 5.72. The maximum absolute atomic E-state index is 12.5. The molecule has 4 aromatic rings. The van der Waals surface area contributed by atoms with E-state index in [0.717, 1.165) is 27.7 Å². The van der Waals surface area contributed by atoms with E-state index in [9.17, 15) is 9.59 Å². The van der Waals surface area contributed by atoms with Gasteiger partial charge in [-0.15, -0.1) is 0 Å². The molecule has 0 aliphatic carbocycles. The average molecular weight is 419 g/mol. The van der Waals surface area contributed by atoms with Gasteiger partial charge in [0.15, 0.2) is 5.82 Å². The van der Waals surface area contributed by atoms with Crippen molar-refractivity contribution in [3.63, 3.8) is 0 Å². The summed E-state index contributed by atoms with van der Waals surface area (Å²) < 4.78 is 3.35. The molecule has 0 unspecified atom stereocenters. The van der Waals surface area contributed by atoms with Gasteiger partial charge in [0, 0.05) is 31.3 Å². The number of aliphatic hydroxyl groups is 1. The molecule has 31 heavy (non-hydrogen) atoms. The second-order valence-electron chi connectivity index (χ2n) is 7.45. The topological polar surface area (TPSA) is 105 Å². The largest absolute Gasteiger partial charge is 0.395 e. The molecule has 0 saturated heterocycles. The lowest BCUT2D eigenvalue weighted by atomic mass is 10.0. The summed E-state index contributed by atoms with van der Waals surface area (Å²) in [6, 6.07) is 13.7. The third kappa shape index (κ3) is 3.66. The van der Waals surface area contributed by atoms with Crippen molar-refractivity contribution in [1.29, 1.82) is 0 Å². The zero-order valence-electron chi connectivity index (χ0n) is 17.8. The van der Waals surface area contributed by atoms with Crippen molar-refractivity contribution in [1.82, 2.24) is 24.4 Å². The number of fused-ring (bicyclic) bond motifs is 1. The molecule has 8 heteroatoms. The van der Waals surface area contributed by atoms with Crippen LogP contribution in [0.1, 0.15) is 23.1 Å². The van der Waals surface area contributed by atoms with E-state index in [1.807, 2.05) is 56.3 Å². The number of aromatic amines is 1. The minimum Gasteiger partial charge on any atom is -0.395 e. The van der Waals surface area contributed by atoms with Crippen LogP contribution in [-0.4, -0.2) is 43.3 Å². The van der Waals surface area contributed by atoms with E-state index >= 15 is 0 Å². The van der Waals surface area contributed by atoms with Gasteiger partial charge in [0.05, 0.1) is 29.0 Å². The lowest BCUT2D eigenvalue weighted by Crippen LogP contribution is -2.27. The van der Waals surface area contributed by atoms with E-state index in [0.29, 0.717) is 17.9 Å². The number of carbonyl (C=O) groups is 1. The number of hydrogen-bond acceptors (Lipinski definition) is 4. The lowest BCUT2D eigenvalue weighted by Gasteiger charge is -2.06. The van der Waals surface area contributed by atoms with Gasteiger partial charge in [-0.05, 0) is 32.0 Å². The number of aliphatic hydroxyl groups excluding tert-OH is 1. The molecule has 0 aliphatic heterocycles. The number of nitrogens with one attached hydrogen (secondary N) is 2. The van der Waals surface area contributed by atoms with Crippen LogP contribution in [0.4, 0.5) is 0 Å². The standard InChI is InChI=1S/C23H25N5O3/c1-4-28-17-9-8-16(13-18(17)27(3)23(28)31)20-19(15-7-5-6-14(2)12-15)25-21(26-20)22(30)24-10-11-29/h5-9,12-13,29H,4,10-11H2,1-3H3,(H,24,30)(H,25,26). The molecule has 8 nitrogen and oxygen atoms in total. The SMILES string of the molecule is CCn1c(=O)n(C)c2cc(-c3[nH]c(C(=O)NCCO)nc3-c3cccc(C)c3)ccc21. The fourth-order valence-electron chi connectivity index (χ4n) is 3.81. The van der Waals surface area contributed by atoms with Crippen molar-refractivity contribution < 1.29 is 9.90 Å². The van der Waals surface area contributed by atoms with Crippen LogP contribution in [0, 0.1) is 6.92 Å². The normalized spacial score (nSPS) is 11.2. The van der Waals surface area contributed by atoms with Crippen LogP contribution in [-0.2, 0) is 13.6 Å². The van der Waals surface area contributed by atoms with E-state index in [2.05, 4.69) is 15.3 Å². The summed E-state index contributed by atoms with van der Waals surface area (Å²) in [4.78, 5) is 32.7. The van der Waals surface area contributed by atoms with Crippen LogP contribution in [0.25, 0.3) is 33.5 Å². The monoisotopic (exact) mass is 419 g/mol. The third-order valence-electron chi connectivity index (χ3n) is 5.36. The Hall–Kier alpha value is -3.65. The zero-order chi connectivity index (χ0) is 22.1. The van der Waals surface area contributed by atoms with E-state index in [4.69, 9.17) is 5.11 Å². The van der Waals surface area contributed by atoms with Crippen LogP contribution in [0.5, 0.6) is 0 Å². The molecule has 0 aliphatic rings. The highest BCUT2D eigenvalue weighted by Gasteiger charge is 2.20. The van der Waals surface area contributed by atoms with Gasteiger partial charge in [-0.2, -0.15) is 0 Å². The summed E-state index contributed by atoms with van der Waals surface area (Å²) in [6.07, 6.45) is 0. The molecular weight excluding hydrogens is 394 g/mol. The second kappa shape index (κ2) is 8.23. The summed E-state index contributed by atoms with van der Waals surface area (Å²) in [6.45, 7) is 4.52. The van der Waals surface area contributed by atoms with Crippen LogP contribution in [0.3, 0.4) is 0 Å². The lowest BCUT2D eigenvalue weighted by molar-refractivity contribution is 0.0935. The van der Waals surface area contributed by atoms with Crippen LogP contribution >= 0.6 is 0 Å². The number of benzene rings is 2. The Bertz CT molecular complexity index is 1330. The molecule has 2 heterocycles. The predicted molar refractivity (Wildman–Crippen MR) is 120 cm³/mol. The van der Waals surface area contributed by atoms with Gasteiger partial charge < -0.3 is 15.4 Å². The van der Waals surface area contributed by atoms with Crippen molar-refractivity contribution in [3.8, 4) is 22.5 Å². The van der Waals surface area contributed by atoms with E-state index < -0.39 is 0 Å². The number of rotatable bonds is 6. The average Bonchev–Trinajstić information content (AvgIpc) is 3.32. The van der Waals surface area contributed by atoms with Crippen molar-refractivity contribution >= 4 is 16.9 Å². The first-order valence-electron chi connectivity index (χ1n) is 10.2. The molecule has 0 saturated carbocycles. The van der Waals surface area contributed by atoms with Gasteiger partial charge in [-0.1, -0.05) is 29.8 Å². The molecule has 2 aromatic carbocycles. The minimum absolute atomic E-state index is 0.0674. The fraction of sp³-hybridized carbons (Fsp3) is 0.261. The highest BCUT2D eigenvalue weighted by Crippen LogP contribution is 2.32. The maximum Gasteiger partial charge on any atom is 0.328 e. The molecule has 0 radical (unpaired) electrons. The van der Waals surface area contributed by atoms with E-state index in [-0.39, 0.29) is 30.6 Å². The van der Waals surface area contributed by atoms with Crippen LogP contribution in [0.15, 0.2) is 47.3 Å². The Labute approximate surface area is 179 Å². The fourth-order valence-corrected chi connectivity index (χ4v) is 3.81. The molecule has 0 fully saturated rings. The van der Waals surface area contributed by atoms with Crippen molar-refractivity contribution in [3.05, 3.63) is 64.3 Å². The van der Waals surface area contributed by atoms with Gasteiger partial charge in [-0.25, -0.2) is 9.78 Å². The summed E-state index contributed by atoms with van der Waals surface area (Å²) in [7, 11) is 1.75. The van der Waals surface area contributed by atoms with Crippen molar-refractivity contribution in [2.45, 2.75) is 20.4 Å². The molecule has 2 aromatic heterocycles. The number of H-pyrrole nitrogens is 1. The van der Waals surface area contributed by atoms with Gasteiger partial charge in [-0.3, -0.25) is 13.9 Å². The Balaban J connectivity index is 1.90. The molecule has 160 valence electrons. The first kappa shape index (κ1) is 20.6. The second-order valence-corrected chi connectivity index (χ2v) is 7.45. The summed E-state index contributed by atoms with van der Waals surface area (Å²) >= 11 is 0. The van der Waals surface area contributed by atoms with Crippen molar-refractivity contribution in [2.24, 2.45) is 7.05 Å². The zero-order valence-corrected chi connectivity index (χ0v) is 17.8. The summed E-state index contributed by atoms with van der Waals surface area (Å²) in [5, 5.41) is 11.6. The number of imidazole rings is 2. The number of aryl methyl sites for hydroxylation is 3. The number of nitrogens with zero attached hydrogens (tertiary/aromatic N) is 3. The maximum atomic E-state index is 12.5.